The predicted octanol–water partition coefficient (Wildman–Crippen LogP) is 3.41. The zero-order valence-corrected chi connectivity index (χ0v) is 14.0. The van der Waals surface area contributed by atoms with Crippen molar-refractivity contribution in [2.24, 2.45) is 5.92 Å². The van der Waals surface area contributed by atoms with Crippen molar-refractivity contribution in [3.8, 4) is 5.75 Å². The van der Waals surface area contributed by atoms with E-state index in [-0.39, 0.29) is 11.3 Å². The van der Waals surface area contributed by atoms with Crippen molar-refractivity contribution in [2.45, 2.75) is 24.2 Å². The largest absolute Gasteiger partial charge is 0.495 e. The lowest BCUT2D eigenvalue weighted by molar-refractivity contribution is -0.385. The van der Waals surface area contributed by atoms with Crippen LogP contribution in [-0.2, 0) is 0 Å². The van der Waals surface area contributed by atoms with E-state index in [1.165, 1.54) is 31.0 Å². The molecular formula is C16H20N2O4S. The Hall–Kier alpha value is -2.02. The molecule has 0 radical (unpaired) electrons. The molecule has 0 unspecified atom stereocenters. The van der Waals surface area contributed by atoms with Crippen molar-refractivity contribution in [3.05, 3.63) is 40.0 Å². The molecule has 1 aliphatic rings. The number of amides is 1. The van der Waals surface area contributed by atoms with Crippen LogP contribution in [0.4, 0.5) is 5.69 Å². The molecule has 0 aliphatic heterocycles. The van der Waals surface area contributed by atoms with Crippen molar-refractivity contribution in [2.75, 3.05) is 19.9 Å². The van der Waals surface area contributed by atoms with Gasteiger partial charge in [-0.1, -0.05) is 12.2 Å². The summed E-state index contributed by atoms with van der Waals surface area (Å²) in [5, 5.41) is 14.1. The second-order valence-electron chi connectivity index (χ2n) is 5.34. The number of nitrogens with zero attached hydrogens (tertiary/aromatic N) is 1. The number of nitro benzene ring substituents is 1. The van der Waals surface area contributed by atoms with E-state index in [2.05, 4.69) is 17.5 Å². The molecule has 0 spiro atoms. The van der Waals surface area contributed by atoms with Gasteiger partial charge in [0.25, 0.3) is 11.6 Å². The number of ether oxygens (including phenoxy) is 1. The first-order valence-electron chi connectivity index (χ1n) is 7.40. The Kier molecular flexibility index (Phi) is 6.04. The molecule has 1 aromatic carbocycles. The number of thioether (sulfide) groups is 1. The Morgan fingerprint density at radius 1 is 1.48 bits per heavy atom. The van der Waals surface area contributed by atoms with Crippen LogP contribution < -0.4 is 10.1 Å². The molecule has 2 rings (SSSR count). The molecule has 23 heavy (non-hydrogen) atoms. The fourth-order valence-corrected chi connectivity index (χ4v) is 3.15. The third-order valence-electron chi connectivity index (χ3n) is 3.87. The molecule has 0 aromatic heterocycles. The number of allylic oxidation sites excluding steroid dienone is 2. The molecule has 0 fully saturated rings. The van der Waals surface area contributed by atoms with Crippen molar-refractivity contribution in [1.82, 2.24) is 5.32 Å². The highest BCUT2D eigenvalue weighted by Gasteiger charge is 2.24. The molecule has 1 aliphatic carbocycles. The van der Waals surface area contributed by atoms with Crippen molar-refractivity contribution in [1.29, 1.82) is 0 Å². The number of hydrogen-bond donors (Lipinski definition) is 1. The highest BCUT2D eigenvalue weighted by Crippen LogP contribution is 2.34. The van der Waals surface area contributed by atoms with Gasteiger partial charge < -0.3 is 10.1 Å². The molecule has 1 atom stereocenters. The summed E-state index contributed by atoms with van der Waals surface area (Å²) in [6.45, 7) is 0.529. The molecule has 0 heterocycles. The van der Waals surface area contributed by atoms with E-state index in [9.17, 15) is 14.9 Å². The topological polar surface area (TPSA) is 81.5 Å². The average molecular weight is 336 g/mol. The number of rotatable bonds is 6. The predicted molar refractivity (Wildman–Crippen MR) is 90.2 cm³/mol. The first-order chi connectivity index (χ1) is 11.1. The van der Waals surface area contributed by atoms with Crippen LogP contribution in [0.1, 0.15) is 29.6 Å². The second kappa shape index (κ2) is 8.01. The second-order valence-corrected chi connectivity index (χ2v) is 6.19. The Labute approximate surface area is 139 Å². The molecule has 0 saturated heterocycles. The van der Waals surface area contributed by atoms with Crippen LogP contribution in [0.5, 0.6) is 5.75 Å². The molecule has 1 N–H and O–H groups in total. The van der Waals surface area contributed by atoms with Crippen LogP contribution in [0.25, 0.3) is 0 Å². The Bertz CT molecular complexity index is 631. The lowest BCUT2D eigenvalue weighted by Gasteiger charge is -2.18. The summed E-state index contributed by atoms with van der Waals surface area (Å²) in [6, 6.07) is 2.84. The van der Waals surface area contributed by atoms with Crippen LogP contribution in [-0.4, -0.2) is 30.7 Å². The Balaban J connectivity index is 2.20. The molecular weight excluding hydrogens is 316 g/mol. The van der Waals surface area contributed by atoms with Gasteiger partial charge in [-0.05, 0) is 37.5 Å². The van der Waals surface area contributed by atoms with Crippen LogP contribution in [0, 0.1) is 16.0 Å². The van der Waals surface area contributed by atoms with E-state index in [1.54, 1.807) is 0 Å². The minimum Gasteiger partial charge on any atom is -0.495 e. The first-order valence-corrected chi connectivity index (χ1v) is 8.63. The maximum absolute atomic E-state index is 12.4. The fourth-order valence-electron chi connectivity index (χ4n) is 2.58. The third kappa shape index (κ3) is 4.25. The van der Waals surface area contributed by atoms with Gasteiger partial charge in [-0.15, -0.1) is 11.8 Å². The molecule has 124 valence electrons. The molecule has 6 nitrogen and oxygen atoms in total. The molecule has 1 amide bonds. The lowest BCUT2D eigenvalue weighted by atomic mass is 9.94. The minimum atomic E-state index is -0.551. The summed E-state index contributed by atoms with van der Waals surface area (Å²) < 4.78 is 5.15. The van der Waals surface area contributed by atoms with E-state index in [0.29, 0.717) is 23.1 Å². The monoisotopic (exact) mass is 336 g/mol. The van der Waals surface area contributed by atoms with Gasteiger partial charge in [0.05, 0.1) is 23.0 Å². The Morgan fingerprint density at radius 2 is 2.26 bits per heavy atom. The number of hydrogen-bond acceptors (Lipinski definition) is 5. The first kappa shape index (κ1) is 17.3. The smallest absolute Gasteiger partial charge is 0.285 e. The number of carbonyl (C=O) groups is 1. The van der Waals surface area contributed by atoms with Gasteiger partial charge in [0.1, 0.15) is 11.3 Å². The van der Waals surface area contributed by atoms with Gasteiger partial charge in [-0.3, -0.25) is 14.9 Å². The van der Waals surface area contributed by atoms with Crippen molar-refractivity contribution in [3.63, 3.8) is 0 Å². The zero-order chi connectivity index (χ0) is 16.8. The number of benzene rings is 1. The maximum Gasteiger partial charge on any atom is 0.285 e. The summed E-state index contributed by atoms with van der Waals surface area (Å²) in [5.41, 5.74) is -0.160. The summed E-state index contributed by atoms with van der Waals surface area (Å²) in [7, 11) is 1.45. The highest BCUT2D eigenvalue weighted by molar-refractivity contribution is 7.98. The molecule has 7 heteroatoms. The molecule has 0 saturated carbocycles. The van der Waals surface area contributed by atoms with Crippen LogP contribution in [0.15, 0.2) is 29.2 Å². The normalized spacial score (nSPS) is 16.9. The van der Waals surface area contributed by atoms with Gasteiger partial charge >= 0.3 is 0 Å². The third-order valence-corrected chi connectivity index (χ3v) is 4.63. The highest BCUT2D eigenvalue weighted by atomic mass is 32.2. The number of nitrogens with one attached hydrogen (secondary N) is 1. The van der Waals surface area contributed by atoms with E-state index < -0.39 is 10.8 Å². The van der Waals surface area contributed by atoms with Gasteiger partial charge in [0, 0.05) is 6.54 Å². The van der Waals surface area contributed by atoms with Crippen LogP contribution in [0.2, 0.25) is 0 Å². The summed E-state index contributed by atoms with van der Waals surface area (Å²) in [4.78, 5) is 23.8. The summed E-state index contributed by atoms with van der Waals surface area (Å²) in [5.74, 6) is 0.378. The maximum atomic E-state index is 12.4. The minimum absolute atomic E-state index is 0.0755. The quantitative estimate of drug-likeness (QED) is 0.372. The number of nitro groups is 1. The van der Waals surface area contributed by atoms with Gasteiger partial charge in [-0.25, -0.2) is 0 Å². The lowest BCUT2D eigenvalue weighted by Crippen LogP contribution is -2.30. The van der Waals surface area contributed by atoms with Crippen molar-refractivity contribution < 1.29 is 14.5 Å². The molecule has 1 aromatic rings. The Morgan fingerprint density at radius 3 is 2.83 bits per heavy atom. The van der Waals surface area contributed by atoms with E-state index in [0.717, 1.165) is 19.3 Å². The van der Waals surface area contributed by atoms with Gasteiger partial charge in [-0.2, -0.15) is 0 Å². The number of methoxy groups -OCH3 is 1. The molecule has 0 bridgehead atoms. The SMILES string of the molecule is COc1cc([N+](=O)[O-])c(C(=O)NC[C@@H]2CC=CCC2)cc1SC. The summed E-state index contributed by atoms with van der Waals surface area (Å²) >= 11 is 1.38. The van der Waals surface area contributed by atoms with Gasteiger partial charge in [0.15, 0.2) is 0 Å². The standard InChI is InChI=1S/C16H20N2O4S/c1-22-14-9-13(18(20)21)12(8-15(14)23-2)16(19)17-10-11-6-4-3-5-7-11/h3-4,8-9,11H,5-7,10H2,1-2H3,(H,17,19)/t11-/m1/s1. The summed E-state index contributed by atoms with van der Waals surface area (Å²) in [6.07, 6.45) is 9.05. The van der Waals surface area contributed by atoms with E-state index in [4.69, 9.17) is 4.74 Å². The number of carbonyl (C=O) groups excluding carboxylic acids is 1. The average Bonchev–Trinajstić information content (AvgIpc) is 2.59. The van der Waals surface area contributed by atoms with Crippen LogP contribution >= 0.6 is 11.8 Å². The fraction of sp³-hybridized carbons (Fsp3) is 0.438. The van der Waals surface area contributed by atoms with Gasteiger partial charge in [0.2, 0.25) is 0 Å². The zero-order valence-electron chi connectivity index (χ0n) is 13.2. The van der Waals surface area contributed by atoms with E-state index in [1.807, 2.05) is 6.26 Å². The van der Waals surface area contributed by atoms with Crippen molar-refractivity contribution >= 4 is 23.4 Å². The van der Waals surface area contributed by atoms with E-state index >= 15 is 0 Å². The van der Waals surface area contributed by atoms with Crippen LogP contribution in [0.3, 0.4) is 0 Å².